The molecule has 0 bridgehead atoms. The summed E-state index contributed by atoms with van der Waals surface area (Å²) in [6, 6.07) is 0.148. The zero-order valence-electron chi connectivity index (χ0n) is 9.57. The summed E-state index contributed by atoms with van der Waals surface area (Å²) in [6.07, 6.45) is 2.19. The summed E-state index contributed by atoms with van der Waals surface area (Å²) in [7, 11) is -2.81. The van der Waals surface area contributed by atoms with Gasteiger partial charge in [-0.3, -0.25) is 10.4 Å². The van der Waals surface area contributed by atoms with Gasteiger partial charge in [0, 0.05) is 12.6 Å². The molecule has 0 aliphatic carbocycles. The number of nitrogens with zero attached hydrogens (tertiary/aromatic N) is 1. The van der Waals surface area contributed by atoms with Gasteiger partial charge in [-0.1, -0.05) is 6.92 Å². The summed E-state index contributed by atoms with van der Waals surface area (Å²) in [5, 5.41) is 3.13. The molecule has 0 amide bonds. The van der Waals surface area contributed by atoms with Gasteiger partial charge in [-0.05, 0) is 19.3 Å². The number of hydrogen-bond acceptors (Lipinski definition) is 4. The van der Waals surface area contributed by atoms with Gasteiger partial charge >= 0.3 is 0 Å². The minimum atomic E-state index is -2.81. The fourth-order valence-electron chi connectivity index (χ4n) is 1.58. The number of rotatable bonds is 3. The van der Waals surface area contributed by atoms with Crippen molar-refractivity contribution in [3.05, 3.63) is 0 Å². The van der Waals surface area contributed by atoms with Crippen molar-refractivity contribution >= 4 is 15.8 Å². The summed E-state index contributed by atoms with van der Waals surface area (Å²) in [6.45, 7) is 2.74. The summed E-state index contributed by atoms with van der Waals surface area (Å²) in [5.74, 6) is 6.36. The van der Waals surface area contributed by atoms with E-state index >= 15 is 0 Å². The van der Waals surface area contributed by atoms with Crippen LogP contribution in [0, 0.1) is 0 Å². The third-order valence-corrected chi connectivity index (χ3v) is 4.24. The SMILES string of the molecule is CCCN=C(NN)NC1CCS(=O)(=O)CC1. The first-order chi connectivity index (χ1) is 7.57. The van der Waals surface area contributed by atoms with Gasteiger partial charge in [0.25, 0.3) is 0 Å². The van der Waals surface area contributed by atoms with Crippen molar-refractivity contribution in [3.8, 4) is 0 Å². The molecule has 7 heteroatoms. The number of nitrogens with two attached hydrogens (primary N) is 1. The summed E-state index contributed by atoms with van der Waals surface area (Å²) >= 11 is 0. The molecule has 0 radical (unpaired) electrons. The van der Waals surface area contributed by atoms with Gasteiger partial charge in [0.15, 0.2) is 0 Å². The summed E-state index contributed by atoms with van der Waals surface area (Å²) < 4.78 is 22.5. The second kappa shape index (κ2) is 6.05. The Balaban J connectivity index is 2.43. The fourth-order valence-corrected chi connectivity index (χ4v) is 3.08. The van der Waals surface area contributed by atoms with Crippen LogP contribution >= 0.6 is 0 Å². The third kappa shape index (κ3) is 4.36. The molecular weight excluding hydrogens is 228 g/mol. The summed E-state index contributed by atoms with van der Waals surface area (Å²) in [4.78, 5) is 4.21. The van der Waals surface area contributed by atoms with Crippen molar-refractivity contribution in [3.63, 3.8) is 0 Å². The predicted octanol–water partition coefficient (Wildman–Crippen LogP) is -0.617. The lowest BCUT2D eigenvalue weighted by Crippen LogP contribution is -2.48. The highest BCUT2D eigenvalue weighted by molar-refractivity contribution is 7.91. The van der Waals surface area contributed by atoms with E-state index in [-0.39, 0.29) is 17.5 Å². The van der Waals surface area contributed by atoms with E-state index in [1.54, 1.807) is 0 Å². The maximum atomic E-state index is 11.2. The number of sulfone groups is 1. The second-order valence-corrected chi connectivity index (χ2v) is 6.25. The molecule has 1 rings (SSSR count). The molecular formula is C9H20N4O2S. The van der Waals surface area contributed by atoms with E-state index in [2.05, 4.69) is 15.7 Å². The van der Waals surface area contributed by atoms with Gasteiger partial charge in [-0.15, -0.1) is 0 Å². The number of guanidine groups is 1. The molecule has 0 aromatic rings. The van der Waals surface area contributed by atoms with Gasteiger partial charge in [0.05, 0.1) is 11.5 Å². The molecule has 16 heavy (non-hydrogen) atoms. The monoisotopic (exact) mass is 248 g/mol. The Bertz CT molecular complexity index is 325. The van der Waals surface area contributed by atoms with Crippen LogP contribution in [0.15, 0.2) is 4.99 Å². The second-order valence-electron chi connectivity index (χ2n) is 3.95. The molecule has 4 N–H and O–H groups in total. The smallest absolute Gasteiger partial charge is 0.205 e. The van der Waals surface area contributed by atoms with E-state index in [9.17, 15) is 8.42 Å². The lowest BCUT2D eigenvalue weighted by Gasteiger charge is -2.24. The molecule has 1 aliphatic heterocycles. The topological polar surface area (TPSA) is 96.6 Å². The average Bonchev–Trinajstić information content (AvgIpc) is 2.26. The molecule has 1 aliphatic rings. The van der Waals surface area contributed by atoms with Crippen molar-refractivity contribution in [2.75, 3.05) is 18.1 Å². The zero-order valence-corrected chi connectivity index (χ0v) is 10.4. The van der Waals surface area contributed by atoms with Gasteiger partial charge in [0.1, 0.15) is 9.84 Å². The van der Waals surface area contributed by atoms with Crippen LogP contribution in [0.3, 0.4) is 0 Å². The first-order valence-electron chi connectivity index (χ1n) is 5.55. The summed E-state index contributed by atoms with van der Waals surface area (Å²) in [5.41, 5.74) is 2.49. The van der Waals surface area contributed by atoms with E-state index in [0.29, 0.717) is 25.3 Å². The largest absolute Gasteiger partial charge is 0.353 e. The minimum absolute atomic E-state index is 0.148. The Morgan fingerprint density at radius 2 is 2.06 bits per heavy atom. The van der Waals surface area contributed by atoms with Crippen molar-refractivity contribution in [2.45, 2.75) is 32.2 Å². The Morgan fingerprint density at radius 3 is 2.56 bits per heavy atom. The Hall–Kier alpha value is -0.820. The van der Waals surface area contributed by atoms with E-state index in [1.165, 1.54) is 0 Å². The lowest BCUT2D eigenvalue weighted by molar-refractivity contribution is 0.515. The van der Waals surface area contributed by atoms with Gasteiger partial charge < -0.3 is 5.32 Å². The molecule has 0 saturated carbocycles. The molecule has 94 valence electrons. The molecule has 0 atom stereocenters. The molecule has 1 heterocycles. The maximum absolute atomic E-state index is 11.2. The van der Waals surface area contributed by atoms with Crippen LogP contribution in [-0.2, 0) is 9.84 Å². The normalized spacial score (nSPS) is 21.8. The standard InChI is InChI=1S/C9H20N4O2S/c1-2-5-11-9(13-10)12-8-3-6-16(14,15)7-4-8/h8H,2-7,10H2,1H3,(H2,11,12,13). The molecule has 1 fully saturated rings. The zero-order chi connectivity index (χ0) is 12.0. The van der Waals surface area contributed by atoms with Crippen LogP contribution in [0.1, 0.15) is 26.2 Å². The molecule has 1 saturated heterocycles. The highest BCUT2D eigenvalue weighted by atomic mass is 32.2. The van der Waals surface area contributed by atoms with Crippen molar-refractivity contribution in [2.24, 2.45) is 10.8 Å². The van der Waals surface area contributed by atoms with Crippen LogP contribution in [0.25, 0.3) is 0 Å². The predicted molar refractivity (Wildman–Crippen MR) is 64.7 cm³/mol. The molecule has 0 aromatic heterocycles. The van der Waals surface area contributed by atoms with Crippen LogP contribution in [0.2, 0.25) is 0 Å². The van der Waals surface area contributed by atoms with E-state index < -0.39 is 9.84 Å². The fraction of sp³-hybridized carbons (Fsp3) is 0.889. The highest BCUT2D eigenvalue weighted by Gasteiger charge is 2.23. The van der Waals surface area contributed by atoms with E-state index in [4.69, 9.17) is 5.84 Å². The first kappa shape index (κ1) is 13.2. The number of hydrazine groups is 1. The van der Waals surface area contributed by atoms with Crippen LogP contribution in [0.5, 0.6) is 0 Å². The lowest BCUT2D eigenvalue weighted by atomic mass is 10.2. The molecule has 6 nitrogen and oxygen atoms in total. The van der Waals surface area contributed by atoms with E-state index in [0.717, 1.165) is 6.42 Å². The van der Waals surface area contributed by atoms with Crippen molar-refractivity contribution in [1.29, 1.82) is 0 Å². The number of hydrogen-bond donors (Lipinski definition) is 3. The highest BCUT2D eigenvalue weighted by Crippen LogP contribution is 2.11. The minimum Gasteiger partial charge on any atom is -0.353 e. The van der Waals surface area contributed by atoms with Gasteiger partial charge in [-0.25, -0.2) is 14.3 Å². The quantitative estimate of drug-likeness (QED) is 0.268. The van der Waals surface area contributed by atoms with E-state index in [1.807, 2.05) is 6.92 Å². The maximum Gasteiger partial charge on any atom is 0.205 e. The van der Waals surface area contributed by atoms with Crippen molar-refractivity contribution < 1.29 is 8.42 Å². The Kier molecular flexibility index (Phi) is 5.01. The van der Waals surface area contributed by atoms with Crippen LogP contribution in [0.4, 0.5) is 0 Å². The first-order valence-corrected chi connectivity index (χ1v) is 7.37. The van der Waals surface area contributed by atoms with Crippen LogP contribution < -0.4 is 16.6 Å². The van der Waals surface area contributed by atoms with Gasteiger partial charge in [-0.2, -0.15) is 0 Å². The average molecular weight is 248 g/mol. The third-order valence-electron chi connectivity index (χ3n) is 2.53. The Morgan fingerprint density at radius 1 is 1.44 bits per heavy atom. The van der Waals surface area contributed by atoms with Crippen molar-refractivity contribution in [1.82, 2.24) is 10.7 Å². The molecule has 0 spiro atoms. The Labute approximate surface area is 96.6 Å². The molecule has 0 aromatic carbocycles. The number of aliphatic imine (C=N–C) groups is 1. The van der Waals surface area contributed by atoms with Crippen LogP contribution in [-0.4, -0.2) is 38.5 Å². The molecule has 0 unspecified atom stereocenters. The number of nitrogens with one attached hydrogen (secondary N) is 2. The van der Waals surface area contributed by atoms with Gasteiger partial charge in [0.2, 0.25) is 5.96 Å².